The summed E-state index contributed by atoms with van der Waals surface area (Å²) in [5, 5.41) is 12.1. The summed E-state index contributed by atoms with van der Waals surface area (Å²) < 4.78 is 11.3. The molecule has 34 heavy (non-hydrogen) atoms. The fourth-order valence-electron chi connectivity index (χ4n) is 4.27. The summed E-state index contributed by atoms with van der Waals surface area (Å²) in [4.78, 5) is 24.3. The zero-order valence-corrected chi connectivity index (χ0v) is 19.6. The molecule has 0 heterocycles. The maximum atomic E-state index is 12.5. The lowest BCUT2D eigenvalue weighted by Gasteiger charge is -2.21. The Morgan fingerprint density at radius 1 is 0.912 bits per heavy atom. The van der Waals surface area contributed by atoms with E-state index < -0.39 is 18.1 Å². The predicted octanol–water partition coefficient (Wildman–Crippen LogP) is 5.40. The summed E-state index contributed by atoms with van der Waals surface area (Å²) in [6.07, 6.45) is -0.614. The van der Waals surface area contributed by atoms with Gasteiger partial charge in [0.05, 0.1) is 0 Å². The van der Waals surface area contributed by atoms with Gasteiger partial charge in [-0.3, -0.25) is 0 Å². The van der Waals surface area contributed by atoms with Crippen molar-refractivity contribution in [1.29, 1.82) is 0 Å². The Balaban J connectivity index is 1.38. The van der Waals surface area contributed by atoms with Crippen LogP contribution in [0.1, 0.15) is 43.4 Å². The van der Waals surface area contributed by atoms with Crippen molar-refractivity contribution >= 4 is 12.1 Å². The van der Waals surface area contributed by atoms with Crippen molar-refractivity contribution in [3.05, 3.63) is 89.5 Å². The van der Waals surface area contributed by atoms with Crippen LogP contribution < -0.4 is 10.1 Å². The molecule has 1 atom stereocenters. The van der Waals surface area contributed by atoms with E-state index in [1.807, 2.05) is 57.2 Å². The number of aliphatic carboxylic acids is 1. The van der Waals surface area contributed by atoms with Crippen molar-refractivity contribution in [2.45, 2.75) is 44.8 Å². The molecule has 0 bridgehead atoms. The fourth-order valence-corrected chi connectivity index (χ4v) is 4.27. The van der Waals surface area contributed by atoms with Gasteiger partial charge in [-0.05, 0) is 60.7 Å². The zero-order valence-electron chi connectivity index (χ0n) is 19.6. The Morgan fingerprint density at radius 2 is 1.47 bits per heavy atom. The summed E-state index contributed by atoms with van der Waals surface area (Å²) in [5.41, 5.74) is 4.92. The lowest BCUT2D eigenvalue weighted by Crippen LogP contribution is -2.42. The number of nitrogens with one attached hydrogen (secondary N) is 1. The highest BCUT2D eigenvalue weighted by molar-refractivity contribution is 5.81. The average Bonchev–Trinajstić information content (AvgIpc) is 3.11. The van der Waals surface area contributed by atoms with Gasteiger partial charge in [-0.1, -0.05) is 60.7 Å². The predicted molar refractivity (Wildman–Crippen MR) is 130 cm³/mol. The number of carboxylic acid groups (broad SMARTS) is 1. The molecule has 0 spiro atoms. The topological polar surface area (TPSA) is 84.9 Å². The molecule has 1 amide bonds. The number of amides is 1. The van der Waals surface area contributed by atoms with Gasteiger partial charge in [0.15, 0.2) is 0 Å². The smallest absolute Gasteiger partial charge is 0.407 e. The first-order valence-corrected chi connectivity index (χ1v) is 11.3. The first kappa shape index (κ1) is 23.4. The summed E-state index contributed by atoms with van der Waals surface area (Å²) >= 11 is 0. The number of hydrogen-bond donors (Lipinski definition) is 2. The molecule has 0 aliphatic heterocycles. The number of carbonyl (C=O) groups is 2. The molecule has 176 valence electrons. The van der Waals surface area contributed by atoms with Crippen LogP contribution in [-0.2, 0) is 16.0 Å². The van der Waals surface area contributed by atoms with E-state index in [2.05, 4.69) is 17.4 Å². The number of benzene rings is 3. The number of alkyl carbamates (subject to hydrolysis) is 1. The minimum atomic E-state index is -1.12. The van der Waals surface area contributed by atoms with Gasteiger partial charge < -0.3 is 19.9 Å². The van der Waals surface area contributed by atoms with E-state index in [1.54, 1.807) is 24.3 Å². The monoisotopic (exact) mass is 469 g/mol. The summed E-state index contributed by atoms with van der Waals surface area (Å²) in [6.45, 7) is 6.00. The van der Waals surface area contributed by atoms with Crippen molar-refractivity contribution in [2.24, 2.45) is 0 Å². The van der Waals surface area contributed by atoms with Crippen molar-refractivity contribution in [3.8, 4) is 16.9 Å². The van der Waals surface area contributed by atoms with Crippen LogP contribution >= 0.6 is 0 Å². The van der Waals surface area contributed by atoms with E-state index in [0.717, 1.165) is 27.8 Å². The maximum absolute atomic E-state index is 12.5. The highest BCUT2D eigenvalue weighted by Gasteiger charge is 2.29. The number of rotatable bonds is 7. The van der Waals surface area contributed by atoms with E-state index in [-0.39, 0.29) is 24.5 Å². The standard InChI is InChI=1S/C28H29NO5/c1-28(2,3)34-19-14-12-18(13-15-19)16-25(26(30)31)29-27(32)33-17-24-22-10-6-4-8-20(22)21-9-5-7-11-23(21)24/h4-15,24-25H,16-17H2,1-3H3,(H,29,32)(H,30,31)/t25-/m0/s1/i12+1,13+1,14+1,15+1,16+1,18+1,19+1,25+1,26+1,29+1. The van der Waals surface area contributed by atoms with Crippen LogP contribution in [0.5, 0.6) is 5.75 Å². The van der Waals surface area contributed by atoms with Crippen molar-refractivity contribution < 1.29 is 24.2 Å². The van der Waals surface area contributed by atoms with E-state index in [1.165, 1.54) is 0 Å². The molecule has 0 fully saturated rings. The molecule has 0 saturated heterocycles. The Morgan fingerprint density at radius 3 is 2.00 bits per heavy atom. The molecule has 0 aromatic heterocycles. The summed E-state index contributed by atoms with van der Waals surface area (Å²) in [5.74, 6) is -0.507. The molecular weight excluding hydrogens is 440 g/mol. The Bertz CT molecular complexity index is 1130. The molecule has 0 saturated carbocycles. The molecule has 6 heteroatoms. The Kier molecular flexibility index (Phi) is 6.59. The van der Waals surface area contributed by atoms with Crippen LogP contribution in [-0.4, -0.2) is 35.4 Å². The van der Waals surface area contributed by atoms with Crippen LogP contribution in [0, 0.1) is 0 Å². The number of fused-ring (bicyclic) bond motifs is 3. The normalized spacial score (nSPS) is 13.5. The van der Waals surface area contributed by atoms with Gasteiger partial charge in [-0.15, -0.1) is 0 Å². The highest BCUT2D eigenvalue weighted by Crippen LogP contribution is 2.44. The number of carbonyl (C=O) groups excluding carboxylic acids is 1. The van der Waals surface area contributed by atoms with Gasteiger partial charge in [0.2, 0.25) is 0 Å². The first-order chi connectivity index (χ1) is 16.2. The van der Waals surface area contributed by atoms with Crippen molar-refractivity contribution in [1.82, 2.24) is 5.32 Å². The maximum Gasteiger partial charge on any atom is 0.407 e. The third-order valence-corrected chi connectivity index (χ3v) is 5.72. The van der Waals surface area contributed by atoms with E-state index >= 15 is 0 Å². The largest absolute Gasteiger partial charge is 0.488 e. The van der Waals surface area contributed by atoms with Crippen LogP contribution in [0.2, 0.25) is 0 Å². The van der Waals surface area contributed by atoms with E-state index in [0.29, 0.717) is 5.75 Å². The molecule has 0 radical (unpaired) electrons. The van der Waals surface area contributed by atoms with Gasteiger partial charge in [0.1, 0.15) is 24.0 Å². The molecule has 1 aliphatic carbocycles. The van der Waals surface area contributed by atoms with E-state index in [9.17, 15) is 14.7 Å². The lowest BCUT2D eigenvalue weighted by molar-refractivity contribution is -0.139. The van der Waals surface area contributed by atoms with Crippen LogP contribution in [0.25, 0.3) is 11.1 Å². The van der Waals surface area contributed by atoms with E-state index in [4.69, 9.17) is 9.47 Å². The van der Waals surface area contributed by atoms with Crippen molar-refractivity contribution in [3.63, 3.8) is 0 Å². The molecule has 3 aromatic rings. The van der Waals surface area contributed by atoms with Crippen molar-refractivity contribution in [2.75, 3.05) is 6.61 Å². The second kappa shape index (κ2) is 9.59. The second-order valence-corrected chi connectivity index (χ2v) is 9.42. The van der Waals surface area contributed by atoms with Gasteiger partial charge >= 0.3 is 12.1 Å². The molecular formula is C28H29NO5. The molecule has 1 aliphatic rings. The lowest BCUT2D eigenvalue weighted by atomic mass is 9.98. The molecule has 0 unspecified atom stereocenters. The summed E-state index contributed by atoms with van der Waals surface area (Å²) in [7, 11) is 0. The quantitative estimate of drug-likeness (QED) is 0.358. The highest BCUT2D eigenvalue weighted by atomic mass is 16.6. The average molecular weight is 469 g/mol. The van der Waals surface area contributed by atoms with Gasteiger partial charge in [0.25, 0.3) is 0 Å². The zero-order chi connectivity index (χ0) is 24.3. The van der Waals surface area contributed by atoms with Crippen LogP contribution in [0.3, 0.4) is 0 Å². The molecule has 6 nitrogen and oxygen atoms in total. The minimum Gasteiger partial charge on any atom is -0.488 e. The molecule has 3 aromatic carbocycles. The Hall–Kier alpha value is -3.80. The number of ether oxygens (including phenoxy) is 2. The third-order valence-electron chi connectivity index (χ3n) is 5.72. The SMILES string of the molecule is CC(C)(C)O[13c]1[13cH][13cH][13c]([13CH2][13C@H]([15NH]C(=O)OCC2c3ccccc3-c3ccccc32)[13C](=O)O)[13cH][13cH]1. The number of hydrogen-bond acceptors (Lipinski definition) is 4. The third kappa shape index (κ3) is 5.39. The summed E-state index contributed by atoms with van der Waals surface area (Å²) in [6, 6.07) is 22.2. The van der Waals surface area contributed by atoms with Gasteiger partial charge in [-0.25, -0.2) is 9.59 Å². The molecule has 4 rings (SSSR count). The fraction of sp³-hybridized carbons (Fsp3) is 0.286. The van der Waals surface area contributed by atoms with Crippen LogP contribution in [0.4, 0.5) is 4.79 Å². The first-order valence-electron chi connectivity index (χ1n) is 11.3. The van der Waals surface area contributed by atoms with Gasteiger partial charge in [0, 0.05) is 12.3 Å². The molecule has 2 N–H and O–H groups in total. The van der Waals surface area contributed by atoms with Crippen LogP contribution in [0.15, 0.2) is 72.8 Å². The number of carboxylic acids is 1. The minimum absolute atomic E-state index is 0.0863. The second-order valence-electron chi connectivity index (χ2n) is 9.42. The van der Waals surface area contributed by atoms with Gasteiger partial charge in [-0.2, -0.15) is 0 Å². The Labute approximate surface area is 199 Å².